The summed E-state index contributed by atoms with van der Waals surface area (Å²) >= 11 is 7.89. The van der Waals surface area contributed by atoms with Crippen LogP contribution in [-0.4, -0.2) is 18.7 Å². The lowest BCUT2D eigenvalue weighted by Gasteiger charge is -2.38. The standard InChI is InChI=1S/C31H30ClNO4S/c1-3-36-28(34)31(18-19-31)30(16-14-24(15-17-30)23-12-8-5-9-13-23)27-25(20-26(32)38-27)33-29(35)37-21(2)22-10-6-4-7-11-22/h4-17,20-21,24H,3,18-19H2,1-2H3,(H,33,35)/t21-,24?,30?/m1/s1. The van der Waals surface area contributed by atoms with Crippen LogP contribution in [0, 0.1) is 5.41 Å². The van der Waals surface area contributed by atoms with E-state index in [2.05, 4.69) is 41.8 Å². The predicted molar refractivity (Wildman–Crippen MR) is 152 cm³/mol. The molecule has 0 saturated heterocycles. The van der Waals surface area contributed by atoms with E-state index < -0.39 is 23.0 Å². The Morgan fingerprint density at radius 2 is 1.68 bits per heavy atom. The van der Waals surface area contributed by atoms with E-state index in [1.54, 1.807) is 6.07 Å². The summed E-state index contributed by atoms with van der Waals surface area (Å²) in [4.78, 5) is 27.1. The highest BCUT2D eigenvalue weighted by Gasteiger charge is 2.65. The van der Waals surface area contributed by atoms with Crippen LogP contribution in [-0.2, 0) is 19.7 Å². The topological polar surface area (TPSA) is 64.6 Å². The Kier molecular flexibility index (Phi) is 7.46. The zero-order valence-electron chi connectivity index (χ0n) is 21.4. The number of thiophene rings is 1. The first-order valence-electron chi connectivity index (χ1n) is 12.8. The highest BCUT2D eigenvalue weighted by atomic mass is 35.5. The number of halogens is 1. The summed E-state index contributed by atoms with van der Waals surface area (Å²) < 4.78 is 11.7. The van der Waals surface area contributed by atoms with Gasteiger partial charge in [-0.25, -0.2) is 4.79 Å². The van der Waals surface area contributed by atoms with E-state index in [1.165, 1.54) is 11.3 Å². The number of nitrogens with one attached hydrogen (secondary N) is 1. The second-order valence-corrected chi connectivity index (χ2v) is 11.4. The first-order valence-corrected chi connectivity index (χ1v) is 14.0. The second-order valence-electron chi connectivity index (χ2n) is 9.70. The average molecular weight is 548 g/mol. The summed E-state index contributed by atoms with van der Waals surface area (Å²) in [6.45, 7) is 3.95. The van der Waals surface area contributed by atoms with Gasteiger partial charge in [-0.2, -0.15) is 0 Å². The molecule has 2 aliphatic rings. The molecule has 5 nitrogen and oxygen atoms in total. The normalized spacial score (nSPS) is 21.9. The molecule has 1 fully saturated rings. The number of allylic oxidation sites excluding steroid dienone is 4. The maximum atomic E-state index is 13.4. The van der Waals surface area contributed by atoms with Crippen LogP contribution in [0.15, 0.2) is 91.0 Å². The molecule has 0 bridgehead atoms. The SMILES string of the molecule is CCOC(=O)C1(C2(c3sc(Cl)cc3NC(=O)O[C@H](C)c3ccccc3)C=CC(c3ccccc3)C=C2)CC1. The van der Waals surface area contributed by atoms with E-state index in [-0.39, 0.29) is 11.9 Å². The molecule has 1 aromatic heterocycles. The molecule has 196 valence electrons. The Hall–Kier alpha value is -3.35. The van der Waals surface area contributed by atoms with Crippen molar-refractivity contribution in [2.45, 2.75) is 44.1 Å². The van der Waals surface area contributed by atoms with Crippen molar-refractivity contribution in [1.29, 1.82) is 0 Å². The molecule has 1 atom stereocenters. The number of rotatable bonds is 8. The molecule has 0 unspecified atom stereocenters. The maximum Gasteiger partial charge on any atom is 0.412 e. The van der Waals surface area contributed by atoms with Crippen molar-refractivity contribution < 1.29 is 19.1 Å². The first-order chi connectivity index (χ1) is 18.4. The van der Waals surface area contributed by atoms with Gasteiger partial charge in [0.25, 0.3) is 0 Å². The second kappa shape index (κ2) is 10.8. The van der Waals surface area contributed by atoms with Gasteiger partial charge in [0.2, 0.25) is 0 Å². The van der Waals surface area contributed by atoms with Gasteiger partial charge in [-0.3, -0.25) is 10.1 Å². The summed E-state index contributed by atoms with van der Waals surface area (Å²) in [6, 6.07) is 21.5. The number of benzene rings is 2. The van der Waals surface area contributed by atoms with Crippen molar-refractivity contribution in [3.8, 4) is 0 Å². The molecule has 1 N–H and O–H groups in total. The fourth-order valence-electron chi connectivity index (χ4n) is 5.25. The summed E-state index contributed by atoms with van der Waals surface area (Å²) in [5, 5.41) is 2.91. The molecular formula is C31H30ClNO4S. The van der Waals surface area contributed by atoms with E-state index in [0.717, 1.165) is 16.0 Å². The van der Waals surface area contributed by atoms with Crippen LogP contribution < -0.4 is 5.32 Å². The first kappa shape index (κ1) is 26.3. The number of carbonyl (C=O) groups is 2. The van der Waals surface area contributed by atoms with Crippen LogP contribution in [0.1, 0.15) is 54.7 Å². The van der Waals surface area contributed by atoms with Crippen LogP contribution >= 0.6 is 22.9 Å². The molecule has 3 aromatic rings. The summed E-state index contributed by atoms with van der Waals surface area (Å²) in [7, 11) is 0. The lowest BCUT2D eigenvalue weighted by Crippen LogP contribution is -2.41. The van der Waals surface area contributed by atoms with Crippen molar-refractivity contribution in [3.63, 3.8) is 0 Å². The zero-order valence-corrected chi connectivity index (χ0v) is 22.9. The predicted octanol–water partition coefficient (Wildman–Crippen LogP) is 8.20. The van der Waals surface area contributed by atoms with Crippen molar-refractivity contribution >= 4 is 40.7 Å². The molecule has 0 radical (unpaired) electrons. The van der Waals surface area contributed by atoms with Crippen LogP contribution in [0.2, 0.25) is 4.34 Å². The minimum atomic E-state index is -0.810. The van der Waals surface area contributed by atoms with Gasteiger partial charge in [0, 0.05) is 10.8 Å². The summed E-state index contributed by atoms with van der Waals surface area (Å²) in [6.07, 6.45) is 8.79. The van der Waals surface area contributed by atoms with Gasteiger partial charge in [0.1, 0.15) is 6.10 Å². The lowest BCUT2D eigenvalue weighted by atomic mass is 9.67. The molecule has 0 aliphatic heterocycles. The molecule has 1 amide bonds. The highest BCUT2D eigenvalue weighted by Crippen LogP contribution is 2.65. The average Bonchev–Trinajstić information content (AvgIpc) is 3.68. The Bertz CT molecular complexity index is 1350. The third-order valence-corrected chi connectivity index (χ3v) is 8.81. The summed E-state index contributed by atoms with van der Waals surface area (Å²) in [5.74, 6) is -0.158. The minimum Gasteiger partial charge on any atom is -0.466 e. The Labute approximate surface area is 232 Å². The molecule has 38 heavy (non-hydrogen) atoms. The van der Waals surface area contributed by atoms with E-state index in [4.69, 9.17) is 21.1 Å². The van der Waals surface area contributed by atoms with Gasteiger partial charge in [-0.15, -0.1) is 11.3 Å². The molecule has 5 rings (SSSR count). The third-order valence-electron chi connectivity index (χ3n) is 7.39. The Balaban J connectivity index is 1.49. The Morgan fingerprint density at radius 1 is 1.05 bits per heavy atom. The van der Waals surface area contributed by atoms with Gasteiger partial charge in [-0.05, 0) is 43.9 Å². The summed E-state index contributed by atoms with van der Waals surface area (Å²) in [5.41, 5.74) is 1.02. The zero-order chi connectivity index (χ0) is 26.8. The fraction of sp³-hybridized carbons (Fsp3) is 0.290. The highest BCUT2D eigenvalue weighted by molar-refractivity contribution is 7.17. The van der Waals surface area contributed by atoms with E-state index >= 15 is 0 Å². The molecule has 0 spiro atoms. The van der Waals surface area contributed by atoms with E-state index in [1.807, 2.05) is 62.4 Å². The maximum absolute atomic E-state index is 13.4. The number of ether oxygens (including phenoxy) is 2. The molecular weight excluding hydrogens is 518 g/mol. The van der Waals surface area contributed by atoms with Gasteiger partial charge in [0.15, 0.2) is 0 Å². The van der Waals surface area contributed by atoms with Gasteiger partial charge in [-0.1, -0.05) is 96.6 Å². The molecule has 2 aromatic carbocycles. The van der Waals surface area contributed by atoms with Crippen molar-refractivity contribution in [2.24, 2.45) is 5.41 Å². The Morgan fingerprint density at radius 3 is 2.29 bits per heavy atom. The van der Waals surface area contributed by atoms with Crippen LogP contribution in [0.4, 0.5) is 10.5 Å². The smallest absolute Gasteiger partial charge is 0.412 e. The number of hydrogen-bond donors (Lipinski definition) is 1. The van der Waals surface area contributed by atoms with Crippen molar-refractivity contribution in [1.82, 2.24) is 0 Å². The van der Waals surface area contributed by atoms with Gasteiger partial charge < -0.3 is 9.47 Å². The molecule has 1 heterocycles. The van der Waals surface area contributed by atoms with Crippen LogP contribution in [0.5, 0.6) is 0 Å². The monoisotopic (exact) mass is 547 g/mol. The molecule has 1 saturated carbocycles. The van der Waals surface area contributed by atoms with Crippen molar-refractivity contribution in [3.05, 3.63) is 111 Å². The van der Waals surface area contributed by atoms with Gasteiger partial charge >= 0.3 is 12.1 Å². The minimum absolute atomic E-state index is 0.0749. The van der Waals surface area contributed by atoms with E-state index in [9.17, 15) is 9.59 Å². The lowest BCUT2D eigenvalue weighted by molar-refractivity contribution is -0.151. The van der Waals surface area contributed by atoms with Gasteiger partial charge in [0.05, 0.1) is 27.5 Å². The van der Waals surface area contributed by atoms with E-state index in [0.29, 0.717) is 29.5 Å². The fourth-order valence-corrected chi connectivity index (χ4v) is 6.68. The number of anilines is 1. The largest absolute Gasteiger partial charge is 0.466 e. The molecule has 7 heteroatoms. The number of esters is 1. The number of hydrogen-bond acceptors (Lipinski definition) is 5. The van der Waals surface area contributed by atoms with Crippen LogP contribution in [0.3, 0.4) is 0 Å². The van der Waals surface area contributed by atoms with Crippen molar-refractivity contribution in [2.75, 3.05) is 11.9 Å². The number of amides is 1. The molecule has 2 aliphatic carbocycles. The number of carbonyl (C=O) groups excluding carboxylic acids is 2. The quantitative estimate of drug-likeness (QED) is 0.228. The van der Waals surface area contributed by atoms with Crippen LogP contribution in [0.25, 0.3) is 0 Å². The third kappa shape index (κ3) is 4.91.